The Morgan fingerprint density at radius 2 is 1.41 bits per heavy atom. The van der Waals surface area contributed by atoms with Crippen molar-refractivity contribution in [1.29, 1.82) is 0 Å². The number of rotatable bonds is 2. The van der Waals surface area contributed by atoms with Gasteiger partial charge in [-0.3, -0.25) is 0 Å². The molecule has 114 valence electrons. The first-order chi connectivity index (χ1) is 10.9. The SMILES string of the molecule is c1ccc(-c2ccccc2N2CCC3(CC2)OCCO3)cc1. The summed E-state index contributed by atoms with van der Waals surface area (Å²) in [6, 6.07) is 19.3. The molecular formula is C19H21NO2. The van der Waals surface area contributed by atoms with Crippen molar-refractivity contribution in [3.63, 3.8) is 0 Å². The van der Waals surface area contributed by atoms with E-state index in [1.807, 2.05) is 0 Å². The van der Waals surface area contributed by atoms with Gasteiger partial charge in [-0.1, -0.05) is 48.5 Å². The van der Waals surface area contributed by atoms with Crippen LogP contribution in [0, 0.1) is 0 Å². The van der Waals surface area contributed by atoms with E-state index in [-0.39, 0.29) is 5.79 Å². The standard InChI is InChI=1S/C19H21NO2/c1-2-6-16(7-3-1)17-8-4-5-9-18(17)20-12-10-19(11-13-20)21-14-15-22-19/h1-9H,10-15H2. The Balaban J connectivity index is 1.59. The lowest BCUT2D eigenvalue weighted by Gasteiger charge is -2.39. The fraction of sp³-hybridized carbons (Fsp3) is 0.368. The van der Waals surface area contributed by atoms with E-state index in [9.17, 15) is 0 Å². The third-order valence-corrected chi connectivity index (χ3v) is 4.67. The molecule has 0 aliphatic carbocycles. The summed E-state index contributed by atoms with van der Waals surface area (Å²) in [5, 5.41) is 0. The van der Waals surface area contributed by atoms with Crippen LogP contribution in [-0.4, -0.2) is 32.1 Å². The van der Waals surface area contributed by atoms with Gasteiger partial charge in [0.2, 0.25) is 0 Å². The van der Waals surface area contributed by atoms with Crippen LogP contribution in [0.25, 0.3) is 11.1 Å². The first-order valence-corrected chi connectivity index (χ1v) is 8.04. The topological polar surface area (TPSA) is 21.7 Å². The van der Waals surface area contributed by atoms with Gasteiger partial charge in [-0.2, -0.15) is 0 Å². The van der Waals surface area contributed by atoms with E-state index in [1.165, 1.54) is 16.8 Å². The maximum Gasteiger partial charge on any atom is 0.171 e. The van der Waals surface area contributed by atoms with Crippen LogP contribution in [0.2, 0.25) is 0 Å². The first-order valence-electron chi connectivity index (χ1n) is 8.04. The Hall–Kier alpha value is -1.84. The van der Waals surface area contributed by atoms with Crippen molar-refractivity contribution in [2.24, 2.45) is 0 Å². The molecule has 2 aliphatic heterocycles. The molecule has 0 radical (unpaired) electrons. The fourth-order valence-electron chi connectivity index (χ4n) is 3.49. The van der Waals surface area contributed by atoms with Crippen molar-refractivity contribution in [1.82, 2.24) is 0 Å². The minimum Gasteiger partial charge on any atom is -0.371 e. The van der Waals surface area contributed by atoms with Gasteiger partial charge in [0.05, 0.1) is 13.2 Å². The van der Waals surface area contributed by atoms with E-state index in [0.29, 0.717) is 0 Å². The molecule has 4 rings (SSSR count). The van der Waals surface area contributed by atoms with Gasteiger partial charge in [-0.25, -0.2) is 0 Å². The Bertz CT molecular complexity index is 625. The van der Waals surface area contributed by atoms with E-state index >= 15 is 0 Å². The van der Waals surface area contributed by atoms with Gasteiger partial charge in [0, 0.05) is 37.2 Å². The minimum atomic E-state index is -0.307. The van der Waals surface area contributed by atoms with E-state index in [2.05, 4.69) is 59.5 Å². The average molecular weight is 295 g/mol. The first kappa shape index (κ1) is 13.8. The van der Waals surface area contributed by atoms with Crippen LogP contribution in [0.15, 0.2) is 54.6 Å². The van der Waals surface area contributed by atoms with Gasteiger partial charge in [0.25, 0.3) is 0 Å². The number of hydrogen-bond donors (Lipinski definition) is 0. The summed E-state index contributed by atoms with van der Waals surface area (Å²) in [6.07, 6.45) is 1.88. The largest absolute Gasteiger partial charge is 0.371 e. The minimum absolute atomic E-state index is 0.307. The molecule has 0 bridgehead atoms. The molecule has 0 aromatic heterocycles. The summed E-state index contributed by atoms with van der Waals surface area (Å²) in [6.45, 7) is 3.43. The van der Waals surface area contributed by atoms with Gasteiger partial charge in [0.15, 0.2) is 5.79 Å². The van der Waals surface area contributed by atoms with Crippen LogP contribution >= 0.6 is 0 Å². The van der Waals surface area contributed by atoms with Crippen molar-refractivity contribution in [2.45, 2.75) is 18.6 Å². The van der Waals surface area contributed by atoms with Crippen LogP contribution < -0.4 is 4.90 Å². The molecule has 2 aromatic rings. The van der Waals surface area contributed by atoms with Crippen LogP contribution in [0.3, 0.4) is 0 Å². The monoisotopic (exact) mass is 295 g/mol. The molecule has 0 saturated carbocycles. The molecule has 0 atom stereocenters. The lowest BCUT2D eigenvalue weighted by Crippen LogP contribution is -2.45. The van der Waals surface area contributed by atoms with Gasteiger partial charge in [0.1, 0.15) is 0 Å². The predicted octanol–water partition coefficient (Wildman–Crippen LogP) is 3.70. The quantitative estimate of drug-likeness (QED) is 0.843. The second-order valence-electron chi connectivity index (χ2n) is 5.98. The summed E-state index contributed by atoms with van der Waals surface area (Å²) in [5.74, 6) is -0.307. The van der Waals surface area contributed by atoms with Gasteiger partial charge in [-0.05, 0) is 11.6 Å². The lowest BCUT2D eigenvalue weighted by molar-refractivity contribution is -0.169. The lowest BCUT2D eigenvalue weighted by atomic mass is 9.99. The van der Waals surface area contributed by atoms with E-state index in [1.54, 1.807) is 0 Å². The Morgan fingerprint density at radius 1 is 0.773 bits per heavy atom. The highest BCUT2D eigenvalue weighted by Gasteiger charge is 2.40. The molecule has 0 unspecified atom stereocenters. The van der Waals surface area contributed by atoms with Crippen molar-refractivity contribution in [2.75, 3.05) is 31.2 Å². The summed E-state index contributed by atoms with van der Waals surface area (Å²) in [4.78, 5) is 2.46. The van der Waals surface area contributed by atoms with E-state index < -0.39 is 0 Å². The molecule has 3 heteroatoms. The highest BCUT2D eigenvalue weighted by molar-refractivity contribution is 5.78. The molecule has 22 heavy (non-hydrogen) atoms. The normalized spacial score (nSPS) is 20.5. The Morgan fingerprint density at radius 3 is 2.14 bits per heavy atom. The molecule has 2 saturated heterocycles. The maximum atomic E-state index is 5.83. The molecule has 2 fully saturated rings. The highest BCUT2D eigenvalue weighted by Crippen LogP contribution is 2.36. The van der Waals surface area contributed by atoms with Crippen LogP contribution in [-0.2, 0) is 9.47 Å². The van der Waals surface area contributed by atoms with Gasteiger partial charge < -0.3 is 14.4 Å². The van der Waals surface area contributed by atoms with Crippen LogP contribution in [0.5, 0.6) is 0 Å². The second-order valence-corrected chi connectivity index (χ2v) is 5.98. The van der Waals surface area contributed by atoms with E-state index in [4.69, 9.17) is 9.47 Å². The van der Waals surface area contributed by atoms with Crippen molar-refractivity contribution < 1.29 is 9.47 Å². The number of para-hydroxylation sites is 1. The second kappa shape index (κ2) is 5.75. The molecule has 2 heterocycles. The summed E-state index contributed by atoms with van der Waals surface area (Å²) in [5.41, 5.74) is 3.88. The van der Waals surface area contributed by atoms with Crippen LogP contribution in [0.4, 0.5) is 5.69 Å². The number of benzene rings is 2. The zero-order chi connectivity index (χ0) is 14.8. The molecule has 0 amide bonds. The van der Waals surface area contributed by atoms with Crippen molar-refractivity contribution >= 4 is 5.69 Å². The molecular weight excluding hydrogens is 274 g/mol. The Kier molecular flexibility index (Phi) is 3.60. The number of anilines is 1. The van der Waals surface area contributed by atoms with Crippen molar-refractivity contribution in [3.05, 3.63) is 54.6 Å². The summed E-state index contributed by atoms with van der Waals surface area (Å²) < 4.78 is 11.7. The molecule has 1 spiro atoms. The number of nitrogens with zero attached hydrogens (tertiary/aromatic N) is 1. The zero-order valence-electron chi connectivity index (χ0n) is 12.7. The highest BCUT2D eigenvalue weighted by atomic mass is 16.7. The smallest absolute Gasteiger partial charge is 0.171 e. The van der Waals surface area contributed by atoms with E-state index in [0.717, 1.165) is 39.1 Å². The average Bonchev–Trinajstić information content (AvgIpc) is 3.05. The summed E-state index contributed by atoms with van der Waals surface area (Å²) >= 11 is 0. The number of hydrogen-bond acceptors (Lipinski definition) is 3. The summed E-state index contributed by atoms with van der Waals surface area (Å²) in [7, 11) is 0. The van der Waals surface area contributed by atoms with Gasteiger partial charge in [-0.15, -0.1) is 0 Å². The fourth-order valence-corrected chi connectivity index (χ4v) is 3.49. The maximum absolute atomic E-state index is 5.83. The van der Waals surface area contributed by atoms with Crippen molar-refractivity contribution in [3.8, 4) is 11.1 Å². The molecule has 0 N–H and O–H groups in total. The number of ether oxygens (including phenoxy) is 2. The van der Waals surface area contributed by atoms with Gasteiger partial charge >= 0.3 is 0 Å². The number of piperidine rings is 1. The predicted molar refractivity (Wildman–Crippen MR) is 88.0 cm³/mol. The third-order valence-electron chi connectivity index (χ3n) is 4.67. The van der Waals surface area contributed by atoms with Crippen LogP contribution in [0.1, 0.15) is 12.8 Å². The molecule has 2 aromatic carbocycles. The third kappa shape index (κ3) is 2.51. The zero-order valence-corrected chi connectivity index (χ0v) is 12.7. The Labute approximate surface area is 131 Å². The molecule has 3 nitrogen and oxygen atoms in total. The molecule has 2 aliphatic rings.